The predicted octanol–water partition coefficient (Wildman–Crippen LogP) is 0.648. The molecule has 6 nitrogen and oxygen atoms in total. The van der Waals surface area contributed by atoms with Crippen LogP contribution >= 0.6 is 0 Å². The molecule has 9 heteroatoms. The van der Waals surface area contributed by atoms with Gasteiger partial charge in [0.05, 0.1) is 12.1 Å². The number of rotatable bonds is 4. The van der Waals surface area contributed by atoms with Crippen molar-refractivity contribution in [3.8, 4) is 5.88 Å². The summed E-state index contributed by atoms with van der Waals surface area (Å²) in [5.74, 6) is -2.01. The Kier molecular flexibility index (Phi) is 3.96. The van der Waals surface area contributed by atoms with E-state index in [4.69, 9.17) is 16.6 Å². The molecule has 0 saturated carbocycles. The molecule has 1 aromatic rings. The number of nitrogen functional groups attached to an aromatic ring is 1. The van der Waals surface area contributed by atoms with Gasteiger partial charge in [-0.15, -0.1) is 13.2 Å². The van der Waals surface area contributed by atoms with Gasteiger partial charge in [0.1, 0.15) is 0 Å². The van der Waals surface area contributed by atoms with Gasteiger partial charge in [0.2, 0.25) is 5.88 Å². The Hall–Kier alpha value is -2.03. The first-order valence-electron chi connectivity index (χ1n) is 4.68. The van der Waals surface area contributed by atoms with Crippen LogP contribution < -0.4 is 16.2 Å². The van der Waals surface area contributed by atoms with Gasteiger partial charge in [0.15, 0.2) is 0 Å². The standard InChI is InChI=1S/C9H10F3N3O3/c10-9(11,12)18-8-7(14)5(2-13)4(3-15-8)1-6(16)17/h3H,1-2,13-14H2,(H,16,17). The highest BCUT2D eigenvalue weighted by molar-refractivity contribution is 5.72. The van der Waals surface area contributed by atoms with Gasteiger partial charge in [-0.1, -0.05) is 0 Å². The molecule has 0 fully saturated rings. The minimum absolute atomic E-state index is 0.0756. The third-order valence-corrected chi connectivity index (χ3v) is 2.04. The van der Waals surface area contributed by atoms with Crippen molar-refractivity contribution in [1.82, 2.24) is 4.98 Å². The minimum atomic E-state index is -4.93. The summed E-state index contributed by atoms with van der Waals surface area (Å²) >= 11 is 0. The van der Waals surface area contributed by atoms with Crippen molar-refractivity contribution in [2.75, 3.05) is 5.73 Å². The van der Waals surface area contributed by atoms with E-state index in [1.54, 1.807) is 0 Å². The Morgan fingerprint density at radius 3 is 2.56 bits per heavy atom. The normalized spacial score (nSPS) is 11.3. The number of alkyl halides is 3. The molecular formula is C9H10F3N3O3. The lowest BCUT2D eigenvalue weighted by Crippen LogP contribution is -2.20. The molecule has 0 unspecified atom stereocenters. The molecule has 0 aliphatic heterocycles. The zero-order valence-electron chi connectivity index (χ0n) is 8.99. The average Bonchev–Trinajstić information content (AvgIpc) is 2.20. The molecular weight excluding hydrogens is 255 g/mol. The Morgan fingerprint density at radius 1 is 1.50 bits per heavy atom. The van der Waals surface area contributed by atoms with Crippen LogP contribution in [0.4, 0.5) is 18.9 Å². The number of hydrogen-bond acceptors (Lipinski definition) is 5. The molecule has 100 valence electrons. The molecule has 5 N–H and O–H groups in total. The maximum Gasteiger partial charge on any atom is 0.574 e. The van der Waals surface area contributed by atoms with Crippen LogP contribution in [0.25, 0.3) is 0 Å². The van der Waals surface area contributed by atoms with E-state index in [1.807, 2.05) is 0 Å². The van der Waals surface area contributed by atoms with Crippen molar-refractivity contribution in [3.63, 3.8) is 0 Å². The average molecular weight is 265 g/mol. The smallest absolute Gasteiger partial charge is 0.481 e. The van der Waals surface area contributed by atoms with Crippen LogP contribution in [0.3, 0.4) is 0 Å². The van der Waals surface area contributed by atoms with Gasteiger partial charge in [-0.25, -0.2) is 4.98 Å². The van der Waals surface area contributed by atoms with Gasteiger partial charge in [-0.2, -0.15) is 0 Å². The van der Waals surface area contributed by atoms with Gasteiger partial charge in [0.25, 0.3) is 0 Å². The summed E-state index contributed by atoms with van der Waals surface area (Å²) in [5.41, 5.74) is 10.6. The topological polar surface area (TPSA) is 111 Å². The monoisotopic (exact) mass is 265 g/mol. The summed E-state index contributed by atoms with van der Waals surface area (Å²) in [4.78, 5) is 13.9. The second-order valence-electron chi connectivity index (χ2n) is 3.30. The number of carboxylic acid groups (broad SMARTS) is 1. The molecule has 0 spiro atoms. The molecule has 1 aromatic heterocycles. The molecule has 1 heterocycles. The van der Waals surface area contributed by atoms with Crippen LogP contribution in [-0.4, -0.2) is 22.4 Å². The second-order valence-corrected chi connectivity index (χ2v) is 3.30. The fraction of sp³-hybridized carbons (Fsp3) is 0.333. The zero-order chi connectivity index (χ0) is 13.9. The summed E-state index contributed by atoms with van der Waals surface area (Å²) < 4.78 is 39.7. The molecule has 0 atom stereocenters. The van der Waals surface area contributed by atoms with E-state index in [-0.39, 0.29) is 17.7 Å². The first-order valence-corrected chi connectivity index (χ1v) is 4.68. The number of aliphatic carboxylic acids is 1. The summed E-state index contributed by atoms with van der Waals surface area (Å²) in [6, 6.07) is 0. The summed E-state index contributed by atoms with van der Waals surface area (Å²) in [5, 5.41) is 8.61. The molecule has 0 aliphatic carbocycles. The zero-order valence-corrected chi connectivity index (χ0v) is 8.99. The fourth-order valence-corrected chi connectivity index (χ4v) is 1.33. The Bertz CT molecular complexity index is 462. The highest BCUT2D eigenvalue weighted by Crippen LogP contribution is 2.30. The lowest BCUT2D eigenvalue weighted by molar-refractivity contribution is -0.275. The Morgan fingerprint density at radius 2 is 2.11 bits per heavy atom. The maximum atomic E-state index is 12.0. The number of nitrogens with two attached hydrogens (primary N) is 2. The lowest BCUT2D eigenvalue weighted by atomic mass is 10.1. The first-order chi connectivity index (χ1) is 8.24. The van der Waals surface area contributed by atoms with Crippen molar-refractivity contribution in [2.24, 2.45) is 5.73 Å². The van der Waals surface area contributed by atoms with Crippen LogP contribution in [0.1, 0.15) is 11.1 Å². The number of carboxylic acids is 1. The van der Waals surface area contributed by atoms with Gasteiger partial charge < -0.3 is 21.3 Å². The first kappa shape index (κ1) is 14.0. The fourth-order valence-electron chi connectivity index (χ4n) is 1.33. The molecule has 0 saturated heterocycles. The highest BCUT2D eigenvalue weighted by Gasteiger charge is 2.33. The number of halogens is 3. The summed E-state index contributed by atoms with van der Waals surface area (Å²) in [7, 11) is 0. The Labute approximate surface area is 99.4 Å². The van der Waals surface area contributed by atoms with E-state index < -0.39 is 30.3 Å². The van der Waals surface area contributed by atoms with Crippen molar-refractivity contribution >= 4 is 11.7 Å². The maximum absolute atomic E-state index is 12.0. The lowest BCUT2D eigenvalue weighted by Gasteiger charge is -2.14. The predicted molar refractivity (Wildman–Crippen MR) is 54.6 cm³/mol. The van der Waals surface area contributed by atoms with E-state index in [0.29, 0.717) is 0 Å². The molecule has 1 rings (SSSR count). The van der Waals surface area contributed by atoms with E-state index in [9.17, 15) is 18.0 Å². The molecule has 18 heavy (non-hydrogen) atoms. The van der Waals surface area contributed by atoms with Crippen LogP contribution in [0.5, 0.6) is 5.88 Å². The minimum Gasteiger partial charge on any atom is -0.481 e. The van der Waals surface area contributed by atoms with E-state index in [2.05, 4.69) is 9.72 Å². The summed E-state index contributed by atoms with van der Waals surface area (Å²) in [6.07, 6.45) is -4.41. The van der Waals surface area contributed by atoms with Crippen LogP contribution in [0.15, 0.2) is 6.20 Å². The van der Waals surface area contributed by atoms with Gasteiger partial charge in [-0.05, 0) is 11.1 Å². The van der Waals surface area contributed by atoms with Crippen molar-refractivity contribution < 1.29 is 27.8 Å². The number of ether oxygens (including phenoxy) is 1. The third-order valence-electron chi connectivity index (χ3n) is 2.04. The largest absolute Gasteiger partial charge is 0.574 e. The van der Waals surface area contributed by atoms with Gasteiger partial charge >= 0.3 is 12.3 Å². The van der Waals surface area contributed by atoms with E-state index in [1.165, 1.54) is 0 Å². The van der Waals surface area contributed by atoms with Crippen LogP contribution in [0, 0.1) is 0 Å². The third kappa shape index (κ3) is 3.48. The number of aromatic nitrogens is 1. The number of anilines is 1. The van der Waals surface area contributed by atoms with Crippen LogP contribution in [-0.2, 0) is 17.8 Å². The Balaban J connectivity index is 3.15. The number of pyridine rings is 1. The van der Waals surface area contributed by atoms with Crippen molar-refractivity contribution in [3.05, 3.63) is 17.3 Å². The SMILES string of the molecule is NCc1c(CC(=O)O)cnc(OC(F)(F)F)c1N. The molecule has 0 aliphatic rings. The van der Waals surface area contributed by atoms with Crippen molar-refractivity contribution in [1.29, 1.82) is 0 Å². The molecule has 0 amide bonds. The van der Waals surface area contributed by atoms with E-state index in [0.717, 1.165) is 6.20 Å². The number of hydrogen-bond donors (Lipinski definition) is 3. The number of carbonyl (C=O) groups is 1. The highest BCUT2D eigenvalue weighted by atomic mass is 19.4. The second kappa shape index (κ2) is 5.08. The quantitative estimate of drug-likeness (QED) is 0.736. The summed E-state index contributed by atoms with van der Waals surface area (Å²) in [6.45, 7) is -0.217. The molecule has 0 aromatic carbocycles. The van der Waals surface area contributed by atoms with Crippen LogP contribution in [0.2, 0.25) is 0 Å². The number of nitrogens with zero attached hydrogens (tertiary/aromatic N) is 1. The van der Waals surface area contributed by atoms with E-state index >= 15 is 0 Å². The van der Waals surface area contributed by atoms with Crippen molar-refractivity contribution in [2.45, 2.75) is 19.3 Å². The van der Waals surface area contributed by atoms with Gasteiger partial charge in [0, 0.05) is 12.7 Å². The van der Waals surface area contributed by atoms with Gasteiger partial charge in [-0.3, -0.25) is 4.79 Å². The molecule has 0 radical (unpaired) electrons. The molecule has 0 bridgehead atoms.